The zero-order chi connectivity index (χ0) is 13.8. The Balaban J connectivity index is 2.37. The first-order chi connectivity index (χ1) is 8.29. The maximum atomic E-state index is 11.8. The monoisotopic (exact) mass is 276 g/mol. The van der Waals surface area contributed by atoms with Crippen molar-refractivity contribution in [3.8, 4) is 0 Å². The van der Waals surface area contributed by atoms with Crippen molar-refractivity contribution < 1.29 is 13.2 Å². The molecule has 6 heteroatoms. The molecular formula is C12H24N2O3S. The average molecular weight is 276 g/mol. The Kier molecular flexibility index (Phi) is 5.59. The summed E-state index contributed by atoms with van der Waals surface area (Å²) in [7, 11) is 0.663. The van der Waals surface area contributed by atoms with E-state index in [9.17, 15) is 13.2 Å². The van der Waals surface area contributed by atoms with Gasteiger partial charge in [-0.05, 0) is 38.1 Å². The van der Waals surface area contributed by atoms with Crippen molar-refractivity contribution in [1.29, 1.82) is 0 Å². The van der Waals surface area contributed by atoms with Crippen LogP contribution in [0.25, 0.3) is 0 Å². The summed E-state index contributed by atoms with van der Waals surface area (Å²) in [6.07, 6.45) is 4.72. The van der Waals surface area contributed by atoms with Crippen molar-refractivity contribution in [3.63, 3.8) is 0 Å². The summed E-state index contributed by atoms with van der Waals surface area (Å²) in [6, 6.07) is -0.100. The standard InChI is InChI=1S/C12H24N2O3S/c1-14(2)12(15)11-9-10(6-7-13-11)5-4-8-18(3,16)17/h10-11,13H,4-9H2,1-3H3. The van der Waals surface area contributed by atoms with Gasteiger partial charge in [0.1, 0.15) is 9.84 Å². The third-order valence-corrected chi connectivity index (χ3v) is 4.41. The van der Waals surface area contributed by atoms with Crippen LogP contribution in [-0.4, -0.2) is 57.9 Å². The zero-order valence-electron chi connectivity index (χ0n) is 11.5. The van der Waals surface area contributed by atoms with E-state index < -0.39 is 9.84 Å². The number of piperidine rings is 1. The van der Waals surface area contributed by atoms with Crippen LogP contribution in [0.5, 0.6) is 0 Å². The minimum Gasteiger partial charge on any atom is -0.347 e. The first-order valence-corrected chi connectivity index (χ1v) is 8.48. The molecule has 1 heterocycles. The fraction of sp³-hybridized carbons (Fsp3) is 0.917. The summed E-state index contributed by atoms with van der Waals surface area (Å²) in [4.78, 5) is 13.5. The van der Waals surface area contributed by atoms with Gasteiger partial charge in [-0.15, -0.1) is 0 Å². The van der Waals surface area contributed by atoms with Crippen LogP contribution in [0.1, 0.15) is 25.7 Å². The van der Waals surface area contributed by atoms with Gasteiger partial charge in [0.2, 0.25) is 5.91 Å². The lowest BCUT2D eigenvalue weighted by molar-refractivity contribution is -0.131. The van der Waals surface area contributed by atoms with Crippen molar-refractivity contribution in [2.24, 2.45) is 5.92 Å². The molecule has 2 unspecified atom stereocenters. The van der Waals surface area contributed by atoms with E-state index in [4.69, 9.17) is 0 Å². The normalized spacial score (nSPS) is 24.8. The molecular weight excluding hydrogens is 252 g/mol. The van der Waals surface area contributed by atoms with Crippen molar-refractivity contribution in [2.75, 3.05) is 32.6 Å². The number of amides is 1. The molecule has 0 aliphatic carbocycles. The van der Waals surface area contributed by atoms with Gasteiger partial charge in [-0.25, -0.2) is 8.42 Å². The Bertz CT molecular complexity index is 379. The van der Waals surface area contributed by atoms with Gasteiger partial charge < -0.3 is 10.2 Å². The molecule has 1 aliphatic rings. The summed E-state index contributed by atoms with van der Waals surface area (Å²) in [5.74, 6) is 0.827. The SMILES string of the molecule is CN(C)C(=O)C1CC(CCCS(C)(=O)=O)CCN1. The van der Waals surface area contributed by atoms with Crippen molar-refractivity contribution in [1.82, 2.24) is 10.2 Å². The number of nitrogens with zero attached hydrogens (tertiary/aromatic N) is 1. The Labute approximate surface area is 110 Å². The third-order valence-electron chi connectivity index (χ3n) is 3.38. The number of carbonyl (C=O) groups is 1. The molecule has 18 heavy (non-hydrogen) atoms. The minimum atomic E-state index is -2.86. The molecule has 1 N–H and O–H groups in total. The van der Waals surface area contributed by atoms with Crippen LogP contribution in [0.2, 0.25) is 0 Å². The second kappa shape index (κ2) is 6.52. The van der Waals surface area contributed by atoms with Crippen LogP contribution >= 0.6 is 0 Å². The highest BCUT2D eigenvalue weighted by Gasteiger charge is 2.27. The largest absolute Gasteiger partial charge is 0.347 e. The molecule has 0 aromatic carbocycles. The molecule has 1 fully saturated rings. The Morgan fingerprint density at radius 1 is 1.39 bits per heavy atom. The molecule has 0 radical (unpaired) electrons. The smallest absolute Gasteiger partial charge is 0.239 e. The van der Waals surface area contributed by atoms with E-state index in [1.807, 2.05) is 0 Å². The highest BCUT2D eigenvalue weighted by Crippen LogP contribution is 2.22. The van der Waals surface area contributed by atoms with Gasteiger partial charge in [0.15, 0.2) is 0 Å². The van der Waals surface area contributed by atoms with E-state index >= 15 is 0 Å². The van der Waals surface area contributed by atoms with Gasteiger partial charge in [-0.1, -0.05) is 0 Å². The van der Waals surface area contributed by atoms with Gasteiger partial charge in [0.05, 0.1) is 6.04 Å². The Hall–Kier alpha value is -0.620. The first-order valence-electron chi connectivity index (χ1n) is 6.42. The van der Waals surface area contributed by atoms with Crippen LogP contribution in [0.4, 0.5) is 0 Å². The number of sulfone groups is 1. The average Bonchev–Trinajstić information content (AvgIpc) is 2.26. The molecule has 1 rings (SSSR count). The number of hydrogen-bond acceptors (Lipinski definition) is 4. The van der Waals surface area contributed by atoms with Gasteiger partial charge >= 0.3 is 0 Å². The Morgan fingerprint density at radius 3 is 2.61 bits per heavy atom. The fourth-order valence-corrected chi connectivity index (χ4v) is 3.08. The van der Waals surface area contributed by atoms with E-state index in [1.54, 1.807) is 19.0 Å². The molecule has 0 aromatic heterocycles. The van der Waals surface area contributed by atoms with Crippen LogP contribution in [0.3, 0.4) is 0 Å². The lowest BCUT2D eigenvalue weighted by Crippen LogP contribution is -2.48. The molecule has 0 spiro atoms. The molecule has 0 bridgehead atoms. The molecule has 5 nitrogen and oxygen atoms in total. The fourth-order valence-electron chi connectivity index (χ4n) is 2.39. The Morgan fingerprint density at radius 2 is 2.06 bits per heavy atom. The van der Waals surface area contributed by atoms with Gasteiger partial charge in [-0.2, -0.15) is 0 Å². The number of likely N-dealkylation sites (N-methyl/N-ethyl adjacent to an activating group) is 1. The van der Waals surface area contributed by atoms with Gasteiger partial charge in [0.25, 0.3) is 0 Å². The van der Waals surface area contributed by atoms with Crippen molar-refractivity contribution in [3.05, 3.63) is 0 Å². The summed E-state index contributed by atoms with van der Waals surface area (Å²) in [5, 5.41) is 3.23. The van der Waals surface area contributed by atoms with Crippen LogP contribution in [0, 0.1) is 5.92 Å². The predicted octanol–water partition coefficient (Wildman–Crippen LogP) is 0.268. The highest BCUT2D eigenvalue weighted by molar-refractivity contribution is 7.90. The number of hydrogen-bond donors (Lipinski definition) is 1. The number of rotatable bonds is 5. The maximum Gasteiger partial charge on any atom is 0.239 e. The van der Waals surface area contributed by atoms with Crippen molar-refractivity contribution >= 4 is 15.7 Å². The zero-order valence-corrected chi connectivity index (χ0v) is 12.3. The number of carbonyl (C=O) groups excluding carboxylic acids is 1. The molecule has 1 amide bonds. The van der Waals surface area contributed by atoms with E-state index in [0.29, 0.717) is 12.3 Å². The van der Waals surface area contributed by atoms with Gasteiger partial charge in [0, 0.05) is 26.1 Å². The quantitative estimate of drug-likeness (QED) is 0.782. The molecule has 0 aromatic rings. The van der Waals surface area contributed by atoms with E-state index in [1.165, 1.54) is 6.26 Å². The predicted molar refractivity (Wildman–Crippen MR) is 72.2 cm³/mol. The lowest BCUT2D eigenvalue weighted by Gasteiger charge is -2.31. The van der Waals surface area contributed by atoms with Crippen LogP contribution in [0.15, 0.2) is 0 Å². The molecule has 1 saturated heterocycles. The first kappa shape index (κ1) is 15.4. The molecule has 106 valence electrons. The summed E-state index contributed by atoms with van der Waals surface area (Å²) in [6.45, 7) is 0.841. The topological polar surface area (TPSA) is 66.5 Å². The molecule has 0 saturated carbocycles. The van der Waals surface area contributed by atoms with E-state index in [-0.39, 0.29) is 17.7 Å². The second-order valence-electron chi connectivity index (χ2n) is 5.40. The summed E-state index contributed by atoms with van der Waals surface area (Å²) >= 11 is 0. The van der Waals surface area contributed by atoms with E-state index in [0.717, 1.165) is 25.8 Å². The van der Waals surface area contributed by atoms with Crippen LogP contribution < -0.4 is 5.32 Å². The molecule has 2 atom stereocenters. The second-order valence-corrected chi connectivity index (χ2v) is 7.66. The van der Waals surface area contributed by atoms with Crippen LogP contribution in [-0.2, 0) is 14.6 Å². The summed E-state index contributed by atoms with van der Waals surface area (Å²) < 4.78 is 22.1. The van der Waals surface area contributed by atoms with Crippen molar-refractivity contribution in [2.45, 2.75) is 31.7 Å². The lowest BCUT2D eigenvalue weighted by atomic mass is 9.88. The maximum absolute atomic E-state index is 11.8. The highest BCUT2D eigenvalue weighted by atomic mass is 32.2. The molecule has 1 aliphatic heterocycles. The third kappa shape index (κ3) is 5.35. The summed E-state index contributed by atoms with van der Waals surface area (Å²) in [5.41, 5.74) is 0. The number of nitrogens with one attached hydrogen (secondary N) is 1. The van der Waals surface area contributed by atoms with E-state index in [2.05, 4.69) is 5.32 Å². The van der Waals surface area contributed by atoms with Gasteiger partial charge in [-0.3, -0.25) is 4.79 Å². The minimum absolute atomic E-state index is 0.100.